The predicted molar refractivity (Wildman–Crippen MR) is 66.6 cm³/mol. The summed E-state index contributed by atoms with van der Waals surface area (Å²) < 4.78 is 0. The van der Waals surface area contributed by atoms with Gasteiger partial charge in [-0.3, -0.25) is 0 Å². The van der Waals surface area contributed by atoms with E-state index in [1.807, 2.05) is 0 Å². The van der Waals surface area contributed by atoms with Crippen molar-refractivity contribution in [2.24, 2.45) is 5.92 Å². The molecule has 1 aliphatic rings. The molecule has 0 bridgehead atoms. The van der Waals surface area contributed by atoms with Gasteiger partial charge in [-0.25, -0.2) is 0 Å². The average molecular weight is 216 g/mol. The van der Waals surface area contributed by atoms with E-state index in [0.717, 1.165) is 6.29 Å². The molecule has 0 aromatic heterocycles. The van der Waals surface area contributed by atoms with Crippen LogP contribution in [0.15, 0.2) is 24.3 Å². The number of aldehydes is 1. The lowest BCUT2D eigenvalue weighted by atomic mass is 9.77. The van der Waals surface area contributed by atoms with Crippen LogP contribution in [0.1, 0.15) is 49.1 Å². The molecular formula is C15H20O. The predicted octanol–water partition coefficient (Wildman–Crippen LogP) is 3.86. The minimum Gasteiger partial charge on any atom is -0.303 e. The zero-order valence-electron chi connectivity index (χ0n) is 9.99. The molecule has 0 aliphatic heterocycles. The Labute approximate surface area is 97.9 Å². The van der Waals surface area contributed by atoms with E-state index in [1.54, 1.807) is 0 Å². The van der Waals surface area contributed by atoms with Gasteiger partial charge < -0.3 is 4.79 Å². The van der Waals surface area contributed by atoms with Crippen LogP contribution in [0.25, 0.3) is 0 Å². The highest BCUT2D eigenvalue weighted by Gasteiger charge is 2.24. The van der Waals surface area contributed by atoms with E-state index in [-0.39, 0.29) is 5.92 Å². The van der Waals surface area contributed by atoms with Gasteiger partial charge in [-0.1, -0.05) is 49.1 Å². The topological polar surface area (TPSA) is 17.1 Å². The van der Waals surface area contributed by atoms with Crippen molar-refractivity contribution in [1.82, 2.24) is 0 Å². The van der Waals surface area contributed by atoms with Crippen LogP contribution in [0.2, 0.25) is 0 Å². The number of hydrogen-bond acceptors (Lipinski definition) is 1. The van der Waals surface area contributed by atoms with Crippen LogP contribution in [-0.4, -0.2) is 6.29 Å². The molecule has 2 rings (SSSR count). The van der Waals surface area contributed by atoms with Gasteiger partial charge >= 0.3 is 0 Å². The Hall–Kier alpha value is -1.11. The van der Waals surface area contributed by atoms with Crippen molar-refractivity contribution in [3.8, 4) is 0 Å². The van der Waals surface area contributed by atoms with Gasteiger partial charge in [-0.05, 0) is 31.2 Å². The monoisotopic (exact) mass is 216 g/mol. The molecule has 1 nitrogen and oxygen atoms in total. The highest BCUT2D eigenvalue weighted by Crippen LogP contribution is 2.34. The number of rotatable bonds is 3. The Morgan fingerprint density at radius 3 is 2.31 bits per heavy atom. The number of aryl methyl sites for hydroxylation is 1. The van der Waals surface area contributed by atoms with Crippen LogP contribution in [-0.2, 0) is 4.79 Å². The van der Waals surface area contributed by atoms with Crippen LogP contribution in [0.5, 0.6) is 0 Å². The van der Waals surface area contributed by atoms with Crippen LogP contribution in [0.4, 0.5) is 0 Å². The lowest BCUT2D eigenvalue weighted by Crippen LogP contribution is -2.17. The molecule has 1 heteroatoms. The maximum atomic E-state index is 11.3. The van der Waals surface area contributed by atoms with Gasteiger partial charge in [0.05, 0.1) is 0 Å². The lowest BCUT2D eigenvalue weighted by molar-refractivity contribution is -0.110. The zero-order chi connectivity index (χ0) is 11.4. The third-order valence-electron chi connectivity index (χ3n) is 3.77. The molecule has 1 aliphatic carbocycles. The normalized spacial score (nSPS) is 19.3. The largest absolute Gasteiger partial charge is 0.303 e. The van der Waals surface area contributed by atoms with Gasteiger partial charge in [0.25, 0.3) is 0 Å². The van der Waals surface area contributed by atoms with E-state index in [4.69, 9.17) is 0 Å². The first kappa shape index (κ1) is 11.4. The van der Waals surface area contributed by atoms with E-state index < -0.39 is 0 Å². The Bertz CT molecular complexity index is 333. The molecule has 1 aromatic rings. The minimum atomic E-state index is 0.126. The first-order chi connectivity index (χ1) is 7.81. The zero-order valence-corrected chi connectivity index (χ0v) is 9.99. The van der Waals surface area contributed by atoms with Gasteiger partial charge in [0, 0.05) is 5.92 Å². The summed E-state index contributed by atoms with van der Waals surface area (Å²) in [6.45, 7) is 2.08. The second-order valence-corrected chi connectivity index (χ2v) is 4.97. The van der Waals surface area contributed by atoms with Gasteiger partial charge in [-0.2, -0.15) is 0 Å². The molecule has 0 radical (unpaired) electrons. The second-order valence-electron chi connectivity index (χ2n) is 4.97. The SMILES string of the molecule is Cc1ccc([C@@H](C=O)C2CCCCC2)cc1. The Morgan fingerprint density at radius 2 is 1.75 bits per heavy atom. The molecule has 0 amide bonds. The van der Waals surface area contributed by atoms with E-state index in [2.05, 4.69) is 31.2 Å². The van der Waals surface area contributed by atoms with E-state index in [1.165, 1.54) is 43.2 Å². The number of benzene rings is 1. The summed E-state index contributed by atoms with van der Waals surface area (Å²) in [7, 11) is 0. The molecule has 16 heavy (non-hydrogen) atoms. The van der Waals surface area contributed by atoms with Crippen molar-refractivity contribution in [3.05, 3.63) is 35.4 Å². The molecule has 1 fully saturated rings. The summed E-state index contributed by atoms with van der Waals surface area (Å²) in [5.74, 6) is 0.704. The summed E-state index contributed by atoms with van der Waals surface area (Å²) in [6.07, 6.45) is 7.52. The summed E-state index contributed by atoms with van der Waals surface area (Å²) in [4.78, 5) is 11.3. The van der Waals surface area contributed by atoms with Crippen LogP contribution in [0.3, 0.4) is 0 Å². The quantitative estimate of drug-likeness (QED) is 0.701. The fraction of sp³-hybridized carbons (Fsp3) is 0.533. The average Bonchev–Trinajstić information content (AvgIpc) is 2.34. The maximum Gasteiger partial charge on any atom is 0.127 e. The summed E-state index contributed by atoms with van der Waals surface area (Å²) in [5, 5.41) is 0. The molecule has 0 heterocycles. The highest BCUT2D eigenvalue weighted by molar-refractivity contribution is 5.62. The van der Waals surface area contributed by atoms with Gasteiger partial charge in [0.2, 0.25) is 0 Å². The number of hydrogen-bond donors (Lipinski definition) is 0. The fourth-order valence-electron chi connectivity index (χ4n) is 2.74. The first-order valence-corrected chi connectivity index (χ1v) is 6.33. The van der Waals surface area contributed by atoms with Crippen LogP contribution < -0.4 is 0 Å². The molecule has 0 unspecified atom stereocenters. The summed E-state index contributed by atoms with van der Waals surface area (Å²) in [6, 6.07) is 8.44. The third kappa shape index (κ3) is 2.52. The Kier molecular flexibility index (Phi) is 3.76. The smallest absolute Gasteiger partial charge is 0.127 e. The molecule has 86 valence electrons. The number of carbonyl (C=O) groups excluding carboxylic acids is 1. The molecule has 1 saturated carbocycles. The molecular weight excluding hydrogens is 196 g/mol. The highest BCUT2D eigenvalue weighted by atomic mass is 16.1. The Balaban J connectivity index is 2.14. The van der Waals surface area contributed by atoms with Crippen LogP contribution in [0, 0.1) is 12.8 Å². The maximum absolute atomic E-state index is 11.3. The van der Waals surface area contributed by atoms with Crippen molar-refractivity contribution in [2.75, 3.05) is 0 Å². The van der Waals surface area contributed by atoms with Crippen molar-refractivity contribution in [2.45, 2.75) is 44.9 Å². The lowest BCUT2D eigenvalue weighted by Gasteiger charge is -2.27. The number of carbonyl (C=O) groups is 1. The molecule has 1 atom stereocenters. The summed E-state index contributed by atoms with van der Waals surface area (Å²) in [5.41, 5.74) is 2.46. The van der Waals surface area contributed by atoms with E-state index >= 15 is 0 Å². The molecule has 0 saturated heterocycles. The molecule has 0 N–H and O–H groups in total. The van der Waals surface area contributed by atoms with Gasteiger partial charge in [0.15, 0.2) is 0 Å². The second kappa shape index (κ2) is 5.29. The van der Waals surface area contributed by atoms with Crippen molar-refractivity contribution >= 4 is 6.29 Å². The fourth-order valence-corrected chi connectivity index (χ4v) is 2.74. The van der Waals surface area contributed by atoms with Crippen molar-refractivity contribution in [1.29, 1.82) is 0 Å². The summed E-state index contributed by atoms with van der Waals surface area (Å²) >= 11 is 0. The first-order valence-electron chi connectivity index (χ1n) is 6.33. The van der Waals surface area contributed by atoms with E-state index in [0.29, 0.717) is 5.92 Å². The third-order valence-corrected chi connectivity index (χ3v) is 3.77. The van der Waals surface area contributed by atoms with Gasteiger partial charge in [-0.15, -0.1) is 0 Å². The molecule has 0 spiro atoms. The van der Waals surface area contributed by atoms with Crippen molar-refractivity contribution < 1.29 is 4.79 Å². The molecule has 1 aromatic carbocycles. The van der Waals surface area contributed by atoms with Crippen LogP contribution >= 0.6 is 0 Å². The van der Waals surface area contributed by atoms with Gasteiger partial charge in [0.1, 0.15) is 6.29 Å². The van der Waals surface area contributed by atoms with Crippen molar-refractivity contribution in [3.63, 3.8) is 0 Å². The standard InChI is InChI=1S/C15H20O/c1-12-7-9-14(10-8-12)15(11-16)13-5-3-2-4-6-13/h7-11,13,15H,2-6H2,1H3/t15-/m0/s1. The van der Waals surface area contributed by atoms with E-state index in [9.17, 15) is 4.79 Å². The Morgan fingerprint density at radius 1 is 1.12 bits per heavy atom. The minimum absolute atomic E-state index is 0.126.